The van der Waals surface area contributed by atoms with Crippen LogP contribution in [0, 0.1) is 6.92 Å². The van der Waals surface area contributed by atoms with Crippen LogP contribution in [0.1, 0.15) is 15.6 Å². The van der Waals surface area contributed by atoms with E-state index in [1.807, 2.05) is 23.9 Å². The third kappa shape index (κ3) is 0.653. The summed E-state index contributed by atoms with van der Waals surface area (Å²) < 4.78 is 1.93. The number of nitrogens with zero attached hydrogens (tertiary/aromatic N) is 3. The molecule has 3 rings (SSSR count). The fourth-order valence-corrected chi connectivity index (χ4v) is 2.49. The van der Waals surface area contributed by atoms with Crippen LogP contribution in [-0.4, -0.2) is 14.8 Å². The summed E-state index contributed by atoms with van der Waals surface area (Å²) in [4.78, 5) is 5.77. The summed E-state index contributed by atoms with van der Waals surface area (Å²) in [6.07, 6.45) is 2.83. The molecule has 0 aromatic carbocycles. The number of fused-ring (bicyclic) bond motifs is 3. The Kier molecular flexibility index (Phi) is 1.04. The summed E-state index contributed by atoms with van der Waals surface area (Å²) in [6.45, 7) is 2.03. The molecule has 0 atom stereocenters. The first-order valence-corrected chi connectivity index (χ1v) is 4.66. The number of aryl methyl sites for hydroxylation is 1. The molecule has 3 heterocycles. The molecular weight excluding hydrogens is 170 g/mol. The molecule has 0 amide bonds. The maximum Gasteiger partial charge on any atom is 0.168 e. The molecule has 0 N–H and O–H groups in total. The van der Waals surface area contributed by atoms with E-state index < -0.39 is 0 Å². The van der Waals surface area contributed by atoms with Crippen LogP contribution in [0.2, 0.25) is 0 Å². The largest absolute Gasteiger partial charge is 0.222 e. The normalized spacial score (nSPS) is 13.1. The Labute approximate surface area is 73.7 Å². The van der Waals surface area contributed by atoms with Gasteiger partial charge in [-0.15, -0.1) is 11.3 Å². The Morgan fingerprint density at radius 2 is 2.50 bits per heavy atom. The Morgan fingerprint density at radius 3 is 3.42 bits per heavy atom. The second-order valence-corrected chi connectivity index (χ2v) is 4.18. The van der Waals surface area contributed by atoms with Crippen molar-refractivity contribution in [3.05, 3.63) is 27.8 Å². The highest BCUT2D eigenvalue weighted by molar-refractivity contribution is 7.12. The molecule has 0 fully saturated rings. The van der Waals surface area contributed by atoms with Gasteiger partial charge in [-0.1, -0.05) is 0 Å². The van der Waals surface area contributed by atoms with Gasteiger partial charge in [0, 0.05) is 12.6 Å². The Balaban J connectivity index is 2.32. The van der Waals surface area contributed by atoms with Gasteiger partial charge < -0.3 is 0 Å². The number of hydrogen-bond acceptors (Lipinski definition) is 3. The van der Waals surface area contributed by atoms with E-state index in [0.29, 0.717) is 0 Å². The molecule has 3 nitrogen and oxygen atoms in total. The van der Waals surface area contributed by atoms with Gasteiger partial charge in [0.1, 0.15) is 0 Å². The fourth-order valence-electron chi connectivity index (χ4n) is 1.56. The van der Waals surface area contributed by atoms with Crippen molar-refractivity contribution in [2.75, 3.05) is 0 Å². The lowest BCUT2D eigenvalue weighted by molar-refractivity contribution is 0.843. The molecule has 2 aromatic rings. The SMILES string of the molecule is Cc1nc2c(s1)Cc1ccnn1-2. The Hall–Kier alpha value is -1.16. The highest BCUT2D eigenvalue weighted by atomic mass is 32.1. The summed E-state index contributed by atoms with van der Waals surface area (Å²) in [6, 6.07) is 2.05. The fraction of sp³-hybridized carbons (Fsp3) is 0.250. The Morgan fingerprint density at radius 1 is 1.58 bits per heavy atom. The van der Waals surface area contributed by atoms with Crippen LogP contribution >= 0.6 is 11.3 Å². The average molecular weight is 177 g/mol. The second kappa shape index (κ2) is 1.95. The van der Waals surface area contributed by atoms with E-state index in [4.69, 9.17) is 0 Å². The van der Waals surface area contributed by atoms with Crippen LogP contribution < -0.4 is 0 Å². The predicted molar refractivity (Wildman–Crippen MR) is 46.8 cm³/mol. The van der Waals surface area contributed by atoms with Crippen molar-refractivity contribution in [3.63, 3.8) is 0 Å². The zero-order valence-electron chi connectivity index (χ0n) is 6.61. The van der Waals surface area contributed by atoms with Gasteiger partial charge in [0.05, 0.1) is 15.6 Å². The van der Waals surface area contributed by atoms with Crippen molar-refractivity contribution in [3.8, 4) is 5.82 Å². The molecule has 0 bridgehead atoms. The first-order chi connectivity index (χ1) is 5.84. The van der Waals surface area contributed by atoms with E-state index in [1.54, 1.807) is 11.3 Å². The van der Waals surface area contributed by atoms with Crippen LogP contribution in [0.15, 0.2) is 12.3 Å². The Bertz CT molecular complexity index is 441. The summed E-state index contributed by atoms with van der Waals surface area (Å²) in [5, 5.41) is 5.34. The lowest BCUT2D eigenvalue weighted by Gasteiger charge is -1.91. The number of rotatable bonds is 0. The third-order valence-corrected chi connectivity index (χ3v) is 3.01. The molecular formula is C8H7N3S. The quantitative estimate of drug-likeness (QED) is 0.521. The minimum atomic E-state index is 1.00. The van der Waals surface area contributed by atoms with E-state index in [0.717, 1.165) is 17.2 Å². The van der Waals surface area contributed by atoms with Gasteiger partial charge in [-0.05, 0) is 13.0 Å². The van der Waals surface area contributed by atoms with Crippen LogP contribution in [0.25, 0.3) is 5.82 Å². The second-order valence-electron chi connectivity index (χ2n) is 2.89. The van der Waals surface area contributed by atoms with Crippen molar-refractivity contribution in [1.29, 1.82) is 0 Å². The lowest BCUT2D eigenvalue weighted by Crippen LogP contribution is -1.94. The van der Waals surface area contributed by atoms with Gasteiger partial charge in [0.2, 0.25) is 0 Å². The molecule has 0 aliphatic carbocycles. The lowest BCUT2D eigenvalue weighted by atomic mass is 10.3. The van der Waals surface area contributed by atoms with Gasteiger partial charge >= 0.3 is 0 Å². The van der Waals surface area contributed by atoms with Crippen LogP contribution in [-0.2, 0) is 6.42 Å². The average Bonchev–Trinajstić information content (AvgIpc) is 2.59. The molecule has 0 spiro atoms. The first kappa shape index (κ1) is 6.37. The zero-order chi connectivity index (χ0) is 8.13. The summed E-state index contributed by atoms with van der Waals surface area (Å²) in [5.41, 5.74) is 1.25. The summed E-state index contributed by atoms with van der Waals surface area (Å²) in [5.74, 6) is 1.04. The maximum absolute atomic E-state index is 4.42. The van der Waals surface area contributed by atoms with E-state index >= 15 is 0 Å². The maximum atomic E-state index is 4.42. The summed E-state index contributed by atoms with van der Waals surface area (Å²) in [7, 11) is 0. The van der Waals surface area contributed by atoms with Gasteiger partial charge in [-0.3, -0.25) is 0 Å². The van der Waals surface area contributed by atoms with Crippen molar-refractivity contribution >= 4 is 11.3 Å². The van der Waals surface area contributed by atoms with Crippen LogP contribution in [0.3, 0.4) is 0 Å². The standard InChI is InChI=1S/C8H7N3S/c1-5-10-8-7(12-5)4-6-2-3-9-11(6)8/h2-3H,4H2,1H3. The van der Waals surface area contributed by atoms with E-state index in [-0.39, 0.29) is 0 Å². The highest BCUT2D eigenvalue weighted by Gasteiger charge is 2.21. The molecule has 4 heteroatoms. The highest BCUT2D eigenvalue weighted by Crippen LogP contribution is 2.30. The minimum Gasteiger partial charge on any atom is -0.222 e. The predicted octanol–water partition coefficient (Wildman–Crippen LogP) is 1.54. The number of aromatic nitrogens is 3. The van der Waals surface area contributed by atoms with Crippen molar-refractivity contribution in [2.45, 2.75) is 13.3 Å². The van der Waals surface area contributed by atoms with Crippen LogP contribution in [0.5, 0.6) is 0 Å². The van der Waals surface area contributed by atoms with E-state index in [1.165, 1.54) is 10.6 Å². The third-order valence-electron chi connectivity index (χ3n) is 2.05. The van der Waals surface area contributed by atoms with E-state index in [9.17, 15) is 0 Å². The molecule has 1 aliphatic heterocycles. The van der Waals surface area contributed by atoms with Crippen molar-refractivity contribution in [2.24, 2.45) is 0 Å². The number of hydrogen-bond donors (Lipinski definition) is 0. The van der Waals surface area contributed by atoms with Crippen LogP contribution in [0.4, 0.5) is 0 Å². The van der Waals surface area contributed by atoms with Gasteiger partial charge in [0.25, 0.3) is 0 Å². The summed E-state index contributed by atoms with van der Waals surface area (Å²) >= 11 is 1.77. The number of thiazole rings is 1. The van der Waals surface area contributed by atoms with Gasteiger partial charge in [-0.2, -0.15) is 5.10 Å². The smallest absolute Gasteiger partial charge is 0.168 e. The molecule has 2 aromatic heterocycles. The first-order valence-electron chi connectivity index (χ1n) is 3.84. The molecule has 60 valence electrons. The monoisotopic (exact) mass is 177 g/mol. The van der Waals surface area contributed by atoms with Gasteiger partial charge in [0.15, 0.2) is 5.82 Å². The molecule has 1 aliphatic rings. The zero-order valence-corrected chi connectivity index (χ0v) is 7.43. The molecule has 0 radical (unpaired) electrons. The molecule has 0 saturated heterocycles. The topological polar surface area (TPSA) is 30.7 Å². The van der Waals surface area contributed by atoms with Crippen molar-refractivity contribution in [1.82, 2.24) is 14.8 Å². The van der Waals surface area contributed by atoms with Crippen molar-refractivity contribution < 1.29 is 0 Å². The molecule has 12 heavy (non-hydrogen) atoms. The van der Waals surface area contributed by atoms with E-state index in [2.05, 4.69) is 10.1 Å². The molecule has 0 unspecified atom stereocenters. The molecule has 0 saturated carbocycles. The minimum absolute atomic E-state index is 1.00. The van der Waals surface area contributed by atoms with Gasteiger partial charge in [-0.25, -0.2) is 9.67 Å².